The van der Waals surface area contributed by atoms with Crippen molar-refractivity contribution in [1.82, 2.24) is 4.98 Å². The topological polar surface area (TPSA) is 16.1 Å². The number of benzene rings is 1. The van der Waals surface area contributed by atoms with E-state index in [1.54, 1.807) is 12.3 Å². The van der Waals surface area contributed by atoms with Gasteiger partial charge in [0.1, 0.15) is 11.6 Å². The molecule has 0 aliphatic carbocycles. The first kappa shape index (κ1) is 12.8. The molecule has 0 spiro atoms. The van der Waals surface area contributed by atoms with Crippen LogP contribution in [0.1, 0.15) is 11.1 Å². The van der Waals surface area contributed by atoms with E-state index >= 15 is 0 Å². The number of hydrogen-bond donors (Lipinski definition) is 0. The molecule has 2 aromatic rings. The zero-order chi connectivity index (χ0) is 13.0. The molecule has 0 atom stereocenters. The molecule has 0 radical (unpaired) electrons. The molecule has 18 heavy (non-hydrogen) atoms. The van der Waals surface area contributed by atoms with Gasteiger partial charge in [-0.1, -0.05) is 18.2 Å². The van der Waals surface area contributed by atoms with Crippen LogP contribution in [0, 0.1) is 5.82 Å². The first-order chi connectivity index (χ1) is 8.70. The van der Waals surface area contributed by atoms with E-state index in [4.69, 9.17) is 11.6 Å². The van der Waals surface area contributed by atoms with Crippen molar-refractivity contribution in [2.24, 2.45) is 0 Å². The van der Waals surface area contributed by atoms with Crippen molar-refractivity contribution in [2.75, 3.05) is 11.9 Å². The number of hydrogen-bond acceptors (Lipinski definition) is 2. The van der Waals surface area contributed by atoms with E-state index in [0.29, 0.717) is 12.4 Å². The summed E-state index contributed by atoms with van der Waals surface area (Å²) in [6.45, 7) is 0.596. The molecule has 0 aliphatic heterocycles. The average molecular weight is 265 g/mol. The third-order valence-corrected chi connectivity index (χ3v) is 2.97. The average Bonchev–Trinajstić information content (AvgIpc) is 2.38. The molecule has 0 amide bonds. The molecule has 4 heteroatoms. The van der Waals surface area contributed by atoms with Gasteiger partial charge in [0.05, 0.1) is 5.88 Å². The zero-order valence-corrected chi connectivity index (χ0v) is 10.9. The highest BCUT2D eigenvalue weighted by Gasteiger charge is 2.08. The molecule has 2 nitrogen and oxygen atoms in total. The molecule has 0 saturated heterocycles. The van der Waals surface area contributed by atoms with Gasteiger partial charge >= 0.3 is 0 Å². The van der Waals surface area contributed by atoms with Gasteiger partial charge in [-0.3, -0.25) is 0 Å². The Morgan fingerprint density at radius 2 is 2.11 bits per heavy atom. The molecule has 0 aliphatic rings. The molecule has 2 rings (SSSR count). The Morgan fingerprint density at radius 1 is 1.28 bits per heavy atom. The number of aromatic nitrogens is 1. The number of rotatable bonds is 4. The Kier molecular flexibility index (Phi) is 4.15. The third-order valence-electron chi connectivity index (χ3n) is 2.68. The maximum atomic E-state index is 13.1. The van der Waals surface area contributed by atoms with Gasteiger partial charge in [0.25, 0.3) is 0 Å². The summed E-state index contributed by atoms with van der Waals surface area (Å²) in [5, 5.41) is 0. The molecule has 0 unspecified atom stereocenters. The van der Waals surface area contributed by atoms with E-state index in [-0.39, 0.29) is 5.82 Å². The van der Waals surface area contributed by atoms with Crippen molar-refractivity contribution < 1.29 is 4.39 Å². The van der Waals surface area contributed by atoms with Gasteiger partial charge in [-0.15, -0.1) is 11.6 Å². The number of nitrogens with zero attached hydrogens (tertiary/aromatic N) is 2. The maximum absolute atomic E-state index is 13.1. The van der Waals surface area contributed by atoms with Crippen molar-refractivity contribution in [2.45, 2.75) is 12.4 Å². The number of anilines is 1. The quantitative estimate of drug-likeness (QED) is 0.785. The fraction of sp³-hybridized carbons (Fsp3) is 0.214. The van der Waals surface area contributed by atoms with Crippen LogP contribution in [0.4, 0.5) is 10.2 Å². The highest BCUT2D eigenvalue weighted by atomic mass is 35.5. The minimum absolute atomic E-state index is 0.223. The summed E-state index contributed by atoms with van der Waals surface area (Å²) in [5.41, 5.74) is 1.88. The van der Waals surface area contributed by atoms with Crippen LogP contribution in [0.2, 0.25) is 0 Å². The van der Waals surface area contributed by atoms with E-state index in [1.807, 2.05) is 30.1 Å². The van der Waals surface area contributed by atoms with Crippen molar-refractivity contribution >= 4 is 17.4 Å². The predicted molar refractivity (Wildman–Crippen MR) is 72.3 cm³/mol. The van der Waals surface area contributed by atoms with Crippen LogP contribution in [0.25, 0.3) is 0 Å². The van der Waals surface area contributed by atoms with Crippen LogP contribution < -0.4 is 4.90 Å². The lowest BCUT2D eigenvalue weighted by atomic mass is 10.2. The Bertz CT molecular complexity index is 531. The Labute approximate surface area is 111 Å². The zero-order valence-electron chi connectivity index (χ0n) is 10.1. The van der Waals surface area contributed by atoms with E-state index in [0.717, 1.165) is 16.9 Å². The molecule has 94 valence electrons. The second-order valence-electron chi connectivity index (χ2n) is 4.11. The smallest absolute Gasteiger partial charge is 0.132 e. The Morgan fingerprint density at radius 3 is 2.83 bits per heavy atom. The van der Waals surface area contributed by atoms with Gasteiger partial charge < -0.3 is 4.90 Å². The minimum Gasteiger partial charge on any atom is -0.355 e. The van der Waals surface area contributed by atoms with E-state index in [9.17, 15) is 4.39 Å². The molecular weight excluding hydrogens is 251 g/mol. The van der Waals surface area contributed by atoms with Crippen LogP contribution in [-0.2, 0) is 12.4 Å². The van der Waals surface area contributed by atoms with Crippen LogP contribution in [-0.4, -0.2) is 12.0 Å². The predicted octanol–water partition coefficient (Wildman–Crippen LogP) is 3.60. The molecule has 0 saturated carbocycles. The third kappa shape index (κ3) is 2.99. The van der Waals surface area contributed by atoms with E-state index < -0.39 is 0 Å². The van der Waals surface area contributed by atoms with Crippen LogP contribution in [0.15, 0.2) is 42.6 Å². The van der Waals surface area contributed by atoms with E-state index in [1.165, 1.54) is 12.1 Å². The lowest BCUT2D eigenvalue weighted by molar-refractivity contribution is 0.625. The van der Waals surface area contributed by atoms with Gasteiger partial charge in [0, 0.05) is 25.4 Å². The Balaban J connectivity index is 2.19. The van der Waals surface area contributed by atoms with Gasteiger partial charge in [0.15, 0.2) is 0 Å². The fourth-order valence-corrected chi connectivity index (χ4v) is 2.07. The summed E-state index contributed by atoms with van der Waals surface area (Å²) in [7, 11) is 1.92. The summed E-state index contributed by atoms with van der Waals surface area (Å²) in [4.78, 5) is 6.28. The van der Waals surface area contributed by atoms with E-state index in [2.05, 4.69) is 4.98 Å². The molecule has 0 N–H and O–H groups in total. The van der Waals surface area contributed by atoms with Gasteiger partial charge in [0.2, 0.25) is 0 Å². The Hall–Kier alpha value is -1.61. The normalized spacial score (nSPS) is 10.4. The molecule has 1 aromatic heterocycles. The van der Waals surface area contributed by atoms with Crippen molar-refractivity contribution in [1.29, 1.82) is 0 Å². The van der Waals surface area contributed by atoms with Crippen molar-refractivity contribution in [3.63, 3.8) is 0 Å². The highest BCUT2D eigenvalue weighted by Crippen LogP contribution is 2.19. The number of pyridine rings is 1. The molecule has 1 heterocycles. The van der Waals surface area contributed by atoms with Gasteiger partial charge in [-0.2, -0.15) is 0 Å². The van der Waals surface area contributed by atoms with Crippen LogP contribution >= 0.6 is 11.6 Å². The summed E-state index contributed by atoms with van der Waals surface area (Å²) in [6.07, 6.45) is 1.73. The van der Waals surface area contributed by atoms with Crippen LogP contribution in [0.5, 0.6) is 0 Å². The maximum Gasteiger partial charge on any atom is 0.132 e. The lowest BCUT2D eigenvalue weighted by Crippen LogP contribution is -2.19. The lowest BCUT2D eigenvalue weighted by Gasteiger charge is -2.20. The van der Waals surface area contributed by atoms with Crippen molar-refractivity contribution in [3.8, 4) is 0 Å². The van der Waals surface area contributed by atoms with Gasteiger partial charge in [-0.25, -0.2) is 9.37 Å². The summed E-state index contributed by atoms with van der Waals surface area (Å²) < 4.78 is 13.1. The summed E-state index contributed by atoms with van der Waals surface area (Å²) in [5.74, 6) is 1.02. The SMILES string of the molecule is CN(Cc1cccc(F)c1)c1ncccc1CCl. The number of alkyl halides is 1. The standard InChI is InChI=1S/C14H14ClFN2/c1-18(10-11-4-2-6-13(16)8-11)14-12(9-15)5-3-7-17-14/h2-8H,9-10H2,1H3. The first-order valence-corrected chi connectivity index (χ1v) is 6.19. The minimum atomic E-state index is -0.223. The van der Waals surface area contributed by atoms with Crippen molar-refractivity contribution in [3.05, 3.63) is 59.5 Å². The number of halogens is 2. The monoisotopic (exact) mass is 264 g/mol. The molecule has 0 bridgehead atoms. The largest absolute Gasteiger partial charge is 0.355 e. The summed E-state index contributed by atoms with van der Waals surface area (Å²) in [6, 6.07) is 10.4. The molecule has 0 fully saturated rings. The molecule has 1 aromatic carbocycles. The second-order valence-corrected chi connectivity index (χ2v) is 4.37. The summed E-state index contributed by atoms with van der Waals surface area (Å²) >= 11 is 5.88. The second kappa shape index (κ2) is 5.83. The highest BCUT2D eigenvalue weighted by molar-refractivity contribution is 6.17. The van der Waals surface area contributed by atoms with Gasteiger partial charge in [-0.05, 0) is 23.8 Å². The fourth-order valence-electron chi connectivity index (χ4n) is 1.86. The first-order valence-electron chi connectivity index (χ1n) is 5.66. The van der Waals surface area contributed by atoms with Crippen LogP contribution in [0.3, 0.4) is 0 Å². The molecular formula is C14H14ClFN2.